The summed E-state index contributed by atoms with van der Waals surface area (Å²) in [7, 11) is 0. The van der Waals surface area contributed by atoms with Crippen molar-refractivity contribution in [2.45, 2.75) is 33.2 Å². The first-order valence-electron chi connectivity index (χ1n) is 8.59. The van der Waals surface area contributed by atoms with E-state index in [2.05, 4.69) is 35.7 Å². The summed E-state index contributed by atoms with van der Waals surface area (Å²) in [4.78, 5) is 21.4. The Morgan fingerprint density at radius 2 is 2.08 bits per heavy atom. The number of aryl methyl sites for hydroxylation is 1. The van der Waals surface area contributed by atoms with Gasteiger partial charge in [-0.1, -0.05) is 19.8 Å². The van der Waals surface area contributed by atoms with Gasteiger partial charge in [0.15, 0.2) is 5.82 Å². The molecule has 0 saturated carbocycles. The molecule has 130 valence electrons. The number of benzene rings is 1. The van der Waals surface area contributed by atoms with Gasteiger partial charge < -0.3 is 0 Å². The first-order chi connectivity index (χ1) is 12.4. The molecular formula is C21H18FN3O. The minimum atomic E-state index is -0.450. The fourth-order valence-corrected chi connectivity index (χ4v) is 3.26. The average molecular weight is 347 g/mol. The summed E-state index contributed by atoms with van der Waals surface area (Å²) in [5, 5.41) is 0.584. The number of fused-ring (bicyclic) bond motifs is 2. The molecule has 4 nitrogen and oxygen atoms in total. The molecule has 4 rings (SSSR count). The van der Waals surface area contributed by atoms with Crippen LogP contribution in [0, 0.1) is 23.1 Å². The summed E-state index contributed by atoms with van der Waals surface area (Å²) in [6.07, 6.45) is 3.29. The van der Waals surface area contributed by atoms with E-state index in [9.17, 15) is 9.18 Å². The maximum atomic E-state index is 13.6. The van der Waals surface area contributed by atoms with Crippen molar-refractivity contribution in [1.82, 2.24) is 14.5 Å². The molecule has 0 fully saturated rings. The maximum Gasteiger partial charge on any atom is 0.261 e. The first kappa shape index (κ1) is 16.5. The van der Waals surface area contributed by atoms with Crippen LogP contribution in [0.3, 0.4) is 0 Å². The zero-order chi connectivity index (χ0) is 18.3. The molecule has 0 radical (unpaired) electrons. The summed E-state index contributed by atoms with van der Waals surface area (Å²) in [5.41, 5.74) is 1.51. The van der Waals surface area contributed by atoms with E-state index in [1.807, 2.05) is 0 Å². The Kier molecular flexibility index (Phi) is 3.84. The predicted molar refractivity (Wildman–Crippen MR) is 98.3 cm³/mol. The lowest BCUT2D eigenvalue weighted by Crippen LogP contribution is -2.36. The molecule has 1 aliphatic heterocycles. The Morgan fingerprint density at radius 1 is 1.23 bits per heavy atom. The third-order valence-electron chi connectivity index (χ3n) is 4.73. The Balaban J connectivity index is 1.78. The Morgan fingerprint density at radius 3 is 2.88 bits per heavy atom. The molecule has 0 bridgehead atoms. The van der Waals surface area contributed by atoms with Gasteiger partial charge in [0, 0.05) is 24.7 Å². The van der Waals surface area contributed by atoms with Crippen LogP contribution in [0.25, 0.3) is 10.9 Å². The second-order valence-electron chi connectivity index (χ2n) is 7.40. The molecule has 0 spiro atoms. The summed E-state index contributed by atoms with van der Waals surface area (Å²) < 4.78 is 15.4. The lowest BCUT2D eigenvalue weighted by atomic mass is 9.85. The van der Waals surface area contributed by atoms with Crippen molar-refractivity contribution >= 4 is 10.9 Å². The van der Waals surface area contributed by atoms with Crippen molar-refractivity contribution in [3.05, 3.63) is 69.8 Å². The molecule has 0 atom stereocenters. The highest BCUT2D eigenvalue weighted by Gasteiger charge is 2.27. The summed E-state index contributed by atoms with van der Waals surface area (Å²) in [6, 6.07) is 8.15. The molecule has 0 N–H and O–H groups in total. The van der Waals surface area contributed by atoms with Crippen LogP contribution in [0.1, 0.15) is 37.4 Å². The van der Waals surface area contributed by atoms with Gasteiger partial charge in [-0.25, -0.2) is 14.4 Å². The van der Waals surface area contributed by atoms with Gasteiger partial charge in [-0.05, 0) is 48.1 Å². The standard InChI is InChI=1S/C21H18FN3O/c1-21(2)10-9-19-24-18-12-14(5-7-15(18)20(26)25(19)13-21)6-8-17-16(22)4-3-11-23-17/h3-5,7,11-12H,9-10,13H2,1-2H3. The molecular weight excluding hydrogens is 329 g/mol. The Hall–Kier alpha value is -3.00. The number of hydrogen-bond donors (Lipinski definition) is 0. The monoisotopic (exact) mass is 347 g/mol. The molecule has 3 aromatic rings. The molecule has 0 aliphatic carbocycles. The van der Waals surface area contributed by atoms with Crippen molar-refractivity contribution < 1.29 is 4.39 Å². The van der Waals surface area contributed by atoms with Gasteiger partial charge in [0.2, 0.25) is 0 Å². The van der Waals surface area contributed by atoms with E-state index < -0.39 is 5.82 Å². The number of aromatic nitrogens is 3. The lowest BCUT2D eigenvalue weighted by Gasteiger charge is -2.31. The van der Waals surface area contributed by atoms with E-state index in [-0.39, 0.29) is 16.7 Å². The average Bonchev–Trinajstić information content (AvgIpc) is 2.61. The SMILES string of the molecule is CC1(C)CCc2nc3cc(C#Cc4ncccc4F)ccc3c(=O)n2C1. The zero-order valence-corrected chi connectivity index (χ0v) is 14.7. The number of hydrogen-bond acceptors (Lipinski definition) is 3. The Bertz CT molecular complexity index is 1140. The summed E-state index contributed by atoms with van der Waals surface area (Å²) >= 11 is 0. The highest BCUT2D eigenvalue weighted by atomic mass is 19.1. The number of rotatable bonds is 0. The number of pyridine rings is 1. The highest BCUT2D eigenvalue weighted by molar-refractivity contribution is 5.79. The maximum absolute atomic E-state index is 13.6. The van der Waals surface area contributed by atoms with E-state index in [1.165, 1.54) is 18.3 Å². The summed E-state index contributed by atoms with van der Waals surface area (Å²) in [6.45, 7) is 5.02. The van der Waals surface area contributed by atoms with Gasteiger partial charge in [0.25, 0.3) is 5.56 Å². The van der Waals surface area contributed by atoms with Crippen molar-refractivity contribution in [2.24, 2.45) is 5.41 Å². The fraction of sp³-hybridized carbons (Fsp3) is 0.286. The number of halogens is 1. The van der Waals surface area contributed by atoms with Gasteiger partial charge in [0.1, 0.15) is 11.5 Å². The van der Waals surface area contributed by atoms with Crippen LogP contribution < -0.4 is 5.56 Å². The van der Waals surface area contributed by atoms with Crippen LogP contribution >= 0.6 is 0 Å². The lowest BCUT2D eigenvalue weighted by molar-refractivity contribution is 0.240. The van der Waals surface area contributed by atoms with Crippen molar-refractivity contribution in [1.29, 1.82) is 0 Å². The molecule has 1 aliphatic rings. The van der Waals surface area contributed by atoms with Crippen molar-refractivity contribution in [3.8, 4) is 11.8 Å². The third-order valence-corrected chi connectivity index (χ3v) is 4.73. The van der Waals surface area contributed by atoms with E-state index in [4.69, 9.17) is 0 Å². The largest absolute Gasteiger partial charge is 0.296 e. The van der Waals surface area contributed by atoms with Crippen LogP contribution in [0.2, 0.25) is 0 Å². The molecule has 0 amide bonds. The topological polar surface area (TPSA) is 47.8 Å². The van der Waals surface area contributed by atoms with Crippen molar-refractivity contribution in [2.75, 3.05) is 0 Å². The van der Waals surface area contributed by atoms with Crippen molar-refractivity contribution in [3.63, 3.8) is 0 Å². The van der Waals surface area contributed by atoms with Gasteiger partial charge >= 0.3 is 0 Å². The minimum absolute atomic E-state index is 0.00643. The molecule has 0 saturated heterocycles. The van der Waals surface area contributed by atoms with E-state index >= 15 is 0 Å². The van der Waals surface area contributed by atoms with Gasteiger partial charge in [0.05, 0.1) is 10.9 Å². The molecule has 26 heavy (non-hydrogen) atoms. The number of nitrogens with zero attached hydrogens (tertiary/aromatic N) is 3. The smallest absolute Gasteiger partial charge is 0.261 e. The minimum Gasteiger partial charge on any atom is -0.296 e. The fourth-order valence-electron chi connectivity index (χ4n) is 3.26. The molecule has 3 heterocycles. The van der Waals surface area contributed by atoms with Crippen LogP contribution in [-0.2, 0) is 13.0 Å². The van der Waals surface area contributed by atoms with Crippen LogP contribution in [0.4, 0.5) is 4.39 Å². The second-order valence-corrected chi connectivity index (χ2v) is 7.40. The van der Waals surface area contributed by atoms with E-state index in [0.29, 0.717) is 23.0 Å². The zero-order valence-electron chi connectivity index (χ0n) is 14.7. The van der Waals surface area contributed by atoms with Gasteiger partial charge in [-0.15, -0.1) is 0 Å². The first-order valence-corrected chi connectivity index (χ1v) is 8.59. The second kappa shape index (κ2) is 6.06. The predicted octanol–water partition coefficient (Wildman–Crippen LogP) is 3.30. The van der Waals surface area contributed by atoms with E-state index in [1.54, 1.807) is 22.8 Å². The quantitative estimate of drug-likeness (QED) is 0.586. The molecule has 5 heteroatoms. The summed E-state index contributed by atoms with van der Waals surface area (Å²) in [5.74, 6) is 6.01. The highest BCUT2D eigenvalue weighted by Crippen LogP contribution is 2.29. The van der Waals surface area contributed by atoms with Gasteiger partial charge in [-0.3, -0.25) is 9.36 Å². The van der Waals surface area contributed by atoms with Crippen LogP contribution in [-0.4, -0.2) is 14.5 Å². The van der Waals surface area contributed by atoms with Crippen LogP contribution in [0.5, 0.6) is 0 Å². The van der Waals surface area contributed by atoms with Crippen LogP contribution in [0.15, 0.2) is 41.3 Å². The van der Waals surface area contributed by atoms with E-state index in [0.717, 1.165) is 18.7 Å². The van der Waals surface area contributed by atoms with Gasteiger partial charge in [-0.2, -0.15) is 0 Å². The normalized spacial score (nSPS) is 15.2. The third kappa shape index (κ3) is 2.99. The molecule has 0 unspecified atom stereocenters. The Labute approximate surface area is 150 Å². The molecule has 2 aromatic heterocycles. The molecule has 1 aromatic carbocycles.